The summed E-state index contributed by atoms with van der Waals surface area (Å²) in [5, 5.41) is 0. The summed E-state index contributed by atoms with van der Waals surface area (Å²) < 4.78 is 31.6. The molecule has 4 heteroatoms. The van der Waals surface area contributed by atoms with Crippen LogP contribution in [0, 0.1) is 53.8 Å². The number of fused-ring (bicyclic) bond motifs is 5. The Hall–Kier alpha value is -1.13. The molecule has 1 aromatic rings. The molecule has 3 fully saturated rings. The highest BCUT2D eigenvalue weighted by molar-refractivity contribution is 7.86. The molecular weight excluding hydrogens is 476 g/mol. The number of aryl methyl sites for hydroxylation is 1. The van der Waals surface area contributed by atoms with Crippen molar-refractivity contribution in [3.05, 3.63) is 41.5 Å². The summed E-state index contributed by atoms with van der Waals surface area (Å²) in [5.74, 6) is 5.71. The molecule has 0 N–H and O–H groups in total. The van der Waals surface area contributed by atoms with Gasteiger partial charge in [-0.25, -0.2) is 0 Å². The Morgan fingerprint density at radius 3 is 2.46 bits per heavy atom. The minimum Gasteiger partial charge on any atom is -0.263 e. The molecule has 37 heavy (non-hydrogen) atoms. The zero-order chi connectivity index (χ0) is 26.4. The maximum Gasteiger partial charge on any atom is 0.297 e. The van der Waals surface area contributed by atoms with E-state index in [0.29, 0.717) is 11.3 Å². The van der Waals surface area contributed by atoms with Crippen LogP contribution in [0.3, 0.4) is 0 Å². The van der Waals surface area contributed by atoms with Crippen LogP contribution in [0.25, 0.3) is 0 Å². The summed E-state index contributed by atoms with van der Waals surface area (Å²) in [6, 6.07) is 7.02. The van der Waals surface area contributed by atoms with Crippen molar-refractivity contribution in [2.45, 2.75) is 116 Å². The van der Waals surface area contributed by atoms with Gasteiger partial charge >= 0.3 is 0 Å². The Morgan fingerprint density at radius 2 is 1.73 bits per heavy atom. The normalized spacial score (nSPS) is 36.4. The lowest BCUT2D eigenvalue weighted by molar-refractivity contribution is -0.0283. The predicted octanol–water partition coefficient (Wildman–Crippen LogP) is 8.72. The van der Waals surface area contributed by atoms with Crippen LogP contribution in [0.5, 0.6) is 0 Å². The van der Waals surface area contributed by atoms with Crippen LogP contribution in [-0.2, 0) is 14.3 Å². The number of allylic oxidation sites excluding steroid dienone is 1. The second kappa shape index (κ2) is 10.8. The summed E-state index contributed by atoms with van der Waals surface area (Å²) >= 11 is 0. The van der Waals surface area contributed by atoms with Crippen molar-refractivity contribution in [1.29, 1.82) is 0 Å². The zero-order valence-electron chi connectivity index (χ0n) is 23.9. The molecule has 0 amide bonds. The summed E-state index contributed by atoms with van der Waals surface area (Å²) in [5.41, 5.74) is 3.07. The van der Waals surface area contributed by atoms with Gasteiger partial charge in [-0.05, 0) is 117 Å². The lowest BCUT2D eigenvalue weighted by atomic mass is 9.51. The molecule has 8 atom stereocenters. The van der Waals surface area contributed by atoms with Gasteiger partial charge in [-0.2, -0.15) is 8.42 Å². The smallest absolute Gasteiger partial charge is 0.263 e. The van der Waals surface area contributed by atoms with Gasteiger partial charge in [-0.15, -0.1) is 0 Å². The van der Waals surface area contributed by atoms with E-state index in [9.17, 15) is 8.42 Å². The molecule has 0 radical (unpaired) electrons. The first-order valence-electron chi connectivity index (χ1n) is 15.3. The highest BCUT2D eigenvalue weighted by Gasteiger charge is 2.56. The maximum absolute atomic E-state index is 12.9. The van der Waals surface area contributed by atoms with Crippen LogP contribution >= 0.6 is 0 Å². The van der Waals surface area contributed by atoms with E-state index in [0.717, 1.165) is 60.3 Å². The van der Waals surface area contributed by atoms with Gasteiger partial charge in [0.05, 0.1) is 11.0 Å². The molecule has 4 aliphatic rings. The molecule has 3 saturated carbocycles. The van der Waals surface area contributed by atoms with E-state index < -0.39 is 10.1 Å². The van der Waals surface area contributed by atoms with Gasteiger partial charge in [0, 0.05) is 0 Å². The Morgan fingerprint density at radius 1 is 0.973 bits per heavy atom. The van der Waals surface area contributed by atoms with Gasteiger partial charge in [0.1, 0.15) is 0 Å². The molecule has 0 unspecified atom stereocenters. The van der Waals surface area contributed by atoms with E-state index in [1.54, 1.807) is 12.1 Å². The van der Waals surface area contributed by atoms with Gasteiger partial charge < -0.3 is 0 Å². The summed E-state index contributed by atoms with van der Waals surface area (Å²) in [7, 11) is -3.71. The van der Waals surface area contributed by atoms with E-state index in [2.05, 4.69) is 33.8 Å². The number of benzene rings is 1. The van der Waals surface area contributed by atoms with Gasteiger partial charge in [-0.1, -0.05) is 76.3 Å². The summed E-state index contributed by atoms with van der Waals surface area (Å²) in [6.45, 7) is 11.9. The monoisotopic (exact) mass is 526 g/mol. The Balaban J connectivity index is 1.23. The lowest BCUT2D eigenvalue weighted by Gasteiger charge is -2.54. The second-order valence-corrected chi connectivity index (χ2v) is 15.4. The topological polar surface area (TPSA) is 43.4 Å². The van der Waals surface area contributed by atoms with Crippen LogP contribution in [0.15, 0.2) is 40.8 Å². The minimum atomic E-state index is -3.71. The number of hydrogen-bond acceptors (Lipinski definition) is 3. The van der Waals surface area contributed by atoms with Crippen molar-refractivity contribution in [1.82, 2.24) is 0 Å². The van der Waals surface area contributed by atoms with Crippen LogP contribution in [0.2, 0.25) is 0 Å². The molecule has 0 bridgehead atoms. The second-order valence-electron chi connectivity index (χ2n) is 13.9. The Kier molecular flexibility index (Phi) is 8.01. The van der Waals surface area contributed by atoms with E-state index in [1.807, 2.05) is 19.1 Å². The Bertz CT molecular complexity index is 1070. The fraction of sp³-hybridized carbons (Fsp3) is 0.758. The summed E-state index contributed by atoms with van der Waals surface area (Å²) in [4.78, 5) is 0.277. The highest BCUT2D eigenvalue weighted by Crippen LogP contribution is 2.64. The largest absolute Gasteiger partial charge is 0.297 e. The van der Waals surface area contributed by atoms with Crippen LogP contribution in [-0.4, -0.2) is 14.5 Å². The Labute approximate surface area is 227 Å². The quantitative estimate of drug-likeness (QED) is 0.251. The molecule has 0 saturated heterocycles. The highest BCUT2D eigenvalue weighted by atomic mass is 32.2. The average molecular weight is 527 g/mol. The van der Waals surface area contributed by atoms with Crippen molar-refractivity contribution in [2.75, 3.05) is 0 Å². The molecule has 1 aromatic carbocycles. The number of hydrogen-bond donors (Lipinski definition) is 0. The van der Waals surface area contributed by atoms with Crippen LogP contribution in [0.1, 0.15) is 104 Å². The summed E-state index contributed by atoms with van der Waals surface area (Å²) in [6.07, 6.45) is 16.0. The fourth-order valence-electron chi connectivity index (χ4n) is 9.28. The van der Waals surface area contributed by atoms with Crippen molar-refractivity contribution in [3.8, 4) is 0 Å². The molecule has 3 nitrogen and oxygen atoms in total. The molecule has 4 aliphatic carbocycles. The molecule has 0 aromatic heterocycles. The minimum absolute atomic E-state index is 0.221. The predicted molar refractivity (Wildman–Crippen MR) is 152 cm³/mol. The van der Waals surface area contributed by atoms with Gasteiger partial charge in [0.25, 0.3) is 10.1 Å². The molecule has 206 valence electrons. The van der Waals surface area contributed by atoms with E-state index in [-0.39, 0.29) is 11.0 Å². The van der Waals surface area contributed by atoms with Crippen molar-refractivity contribution < 1.29 is 12.6 Å². The first-order chi connectivity index (χ1) is 17.6. The van der Waals surface area contributed by atoms with Crippen LogP contribution in [0.4, 0.5) is 0 Å². The van der Waals surface area contributed by atoms with Crippen molar-refractivity contribution >= 4 is 10.1 Å². The van der Waals surface area contributed by atoms with Gasteiger partial charge in [0.2, 0.25) is 0 Å². The SMILES string of the molecule is Cc1ccc(S(=O)(=O)O[C@@H]2CC[C@@H]3C(=CC[C@@H]4[C@@H]3CC[C@@]3(C)[C@H]4CC[C@H]3[C@H](C)CCCC(C)C)C2)cc1. The fourth-order valence-corrected chi connectivity index (χ4v) is 10.4. The standard InChI is InChI=1S/C33H50O3S/c1-22(2)7-6-8-24(4)31-17-18-32-30-15-11-25-21-26(12-16-28(25)29(30)19-20-33(31,32)5)36-37(34,35)27-13-9-23(3)10-14-27/h9-11,13-14,22,24,26,28-32H,6-8,12,15-21H2,1-5H3/t24-,26-,28-,29-,30-,31+,32+,33-/m1/s1. The molecular formula is C33H50O3S. The van der Waals surface area contributed by atoms with Crippen LogP contribution < -0.4 is 0 Å². The van der Waals surface area contributed by atoms with E-state index in [1.165, 1.54) is 56.9 Å². The van der Waals surface area contributed by atoms with E-state index >= 15 is 0 Å². The first-order valence-corrected chi connectivity index (χ1v) is 16.7. The third-order valence-corrected chi connectivity index (χ3v) is 12.5. The maximum atomic E-state index is 12.9. The molecule has 0 spiro atoms. The molecule has 5 rings (SSSR count). The third kappa shape index (κ3) is 5.49. The van der Waals surface area contributed by atoms with E-state index in [4.69, 9.17) is 4.18 Å². The molecule has 0 aliphatic heterocycles. The first kappa shape index (κ1) is 27.4. The van der Waals surface area contributed by atoms with Gasteiger partial charge in [-0.3, -0.25) is 4.18 Å². The average Bonchev–Trinajstić information content (AvgIpc) is 3.21. The lowest BCUT2D eigenvalue weighted by Crippen LogP contribution is -2.47. The zero-order valence-corrected chi connectivity index (χ0v) is 24.7. The number of rotatable bonds is 8. The van der Waals surface area contributed by atoms with Gasteiger partial charge in [0.15, 0.2) is 0 Å². The third-order valence-electron chi connectivity index (χ3n) is 11.2. The van der Waals surface area contributed by atoms with Crippen molar-refractivity contribution in [3.63, 3.8) is 0 Å². The molecule has 0 heterocycles. The van der Waals surface area contributed by atoms with Crippen molar-refractivity contribution in [2.24, 2.45) is 46.8 Å².